The number of hydrogen-bond acceptors (Lipinski definition) is 2. The van der Waals surface area contributed by atoms with Crippen LogP contribution in [0.2, 0.25) is 0 Å². The van der Waals surface area contributed by atoms with E-state index in [0.29, 0.717) is 17.7 Å². The summed E-state index contributed by atoms with van der Waals surface area (Å²) in [6, 6.07) is 24.7. The van der Waals surface area contributed by atoms with Gasteiger partial charge in [0.15, 0.2) is 0 Å². The van der Waals surface area contributed by atoms with Crippen molar-refractivity contribution in [2.75, 3.05) is 0 Å². The zero-order valence-corrected chi connectivity index (χ0v) is 15.7. The van der Waals surface area contributed by atoms with Gasteiger partial charge in [-0.2, -0.15) is 0 Å². The van der Waals surface area contributed by atoms with E-state index < -0.39 is 5.56 Å². The van der Waals surface area contributed by atoms with Gasteiger partial charge in [-0.3, -0.25) is 13.9 Å². The van der Waals surface area contributed by atoms with Crippen LogP contribution in [0, 0.1) is 5.82 Å². The highest BCUT2D eigenvalue weighted by Crippen LogP contribution is 2.16. The minimum Gasteiger partial charge on any atom is -0.295 e. The van der Waals surface area contributed by atoms with Crippen LogP contribution in [0.15, 0.2) is 101 Å². The molecule has 0 amide bonds. The average molecular weight is 386 g/mol. The van der Waals surface area contributed by atoms with E-state index in [4.69, 9.17) is 0 Å². The summed E-state index contributed by atoms with van der Waals surface area (Å²) >= 11 is 0. The molecule has 3 aromatic carbocycles. The molecule has 0 bridgehead atoms. The standard InChI is InChI=1S/C24H19FN2O2/c25-21-13-11-20(12-14-21)22-17-26(15-18-7-3-1-4-8-18)24(29)27(23(22)28)16-19-9-5-2-6-10-19/h1-14,17H,15-16H2. The molecular formula is C24H19FN2O2. The smallest absolute Gasteiger partial charge is 0.295 e. The van der Waals surface area contributed by atoms with Gasteiger partial charge in [0, 0.05) is 6.20 Å². The van der Waals surface area contributed by atoms with Crippen LogP contribution >= 0.6 is 0 Å². The largest absolute Gasteiger partial charge is 0.331 e. The second kappa shape index (κ2) is 8.10. The number of hydrogen-bond donors (Lipinski definition) is 0. The van der Waals surface area contributed by atoms with Crippen LogP contribution < -0.4 is 11.2 Å². The Morgan fingerprint density at radius 3 is 1.83 bits per heavy atom. The van der Waals surface area contributed by atoms with Crippen LogP contribution in [0.3, 0.4) is 0 Å². The number of rotatable bonds is 5. The van der Waals surface area contributed by atoms with Crippen molar-refractivity contribution in [3.05, 3.63) is 129 Å². The second-order valence-electron chi connectivity index (χ2n) is 6.82. The molecule has 4 aromatic rings. The summed E-state index contributed by atoms with van der Waals surface area (Å²) in [7, 11) is 0. The first-order chi connectivity index (χ1) is 14.1. The Bertz CT molecular complexity index is 1230. The molecule has 5 heteroatoms. The van der Waals surface area contributed by atoms with Crippen molar-refractivity contribution < 1.29 is 4.39 Å². The van der Waals surface area contributed by atoms with Gasteiger partial charge in [-0.25, -0.2) is 9.18 Å². The van der Waals surface area contributed by atoms with E-state index in [-0.39, 0.29) is 18.1 Å². The van der Waals surface area contributed by atoms with E-state index in [2.05, 4.69) is 0 Å². The Hall–Kier alpha value is -3.73. The molecule has 0 aliphatic carbocycles. The normalized spacial score (nSPS) is 10.8. The summed E-state index contributed by atoms with van der Waals surface area (Å²) in [5.74, 6) is -0.379. The van der Waals surface area contributed by atoms with Crippen LogP contribution in [-0.2, 0) is 13.1 Å². The van der Waals surface area contributed by atoms with Crippen molar-refractivity contribution in [2.24, 2.45) is 0 Å². The first-order valence-corrected chi connectivity index (χ1v) is 9.30. The van der Waals surface area contributed by atoms with Gasteiger partial charge in [-0.05, 0) is 28.8 Å². The van der Waals surface area contributed by atoms with Crippen molar-refractivity contribution in [2.45, 2.75) is 13.1 Å². The third kappa shape index (κ3) is 4.09. The van der Waals surface area contributed by atoms with E-state index in [1.807, 2.05) is 60.7 Å². The summed E-state index contributed by atoms with van der Waals surface area (Å²) in [6.45, 7) is 0.505. The predicted octanol–water partition coefficient (Wildman–Crippen LogP) is 3.91. The van der Waals surface area contributed by atoms with E-state index in [0.717, 1.165) is 11.1 Å². The lowest BCUT2D eigenvalue weighted by Gasteiger charge is -2.14. The predicted molar refractivity (Wildman–Crippen MR) is 111 cm³/mol. The van der Waals surface area contributed by atoms with Crippen molar-refractivity contribution in [1.82, 2.24) is 9.13 Å². The molecule has 0 N–H and O–H groups in total. The zero-order valence-electron chi connectivity index (χ0n) is 15.7. The fourth-order valence-electron chi connectivity index (χ4n) is 3.28. The molecule has 1 aromatic heterocycles. The molecule has 29 heavy (non-hydrogen) atoms. The number of nitrogens with zero attached hydrogens (tertiary/aromatic N) is 2. The van der Waals surface area contributed by atoms with Crippen LogP contribution in [0.4, 0.5) is 4.39 Å². The molecule has 4 rings (SSSR count). The summed E-state index contributed by atoms with van der Waals surface area (Å²) < 4.78 is 16.1. The lowest BCUT2D eigenvalue weighted by Crippen LogP contribution is -2.40. The van der Waals surface area contributed by atoms with Gasteiger partial charge in [0.05, 0.1) is 18.7 Å². The Morgan fingerprint density at radius 1 is 0.690 bits per heavy atom. The highest BCUT2D eigenvalue weighted by molar-refractivity contribution is 5.61. The van der Waals surface area contributed by atoms with Gasteiger partial charge in [0.2, 0.25) is 0 Å². The number of aromatic nitrogens is 2. The van der Waals surface area contributed by atoms with Crippen LogP contribution in [0.1, 0.15) is 11.1 Å². The molecule has 0 spiro atoms. The molecule has 0 radical (unpaired) electrons. The van der Waals surface area contributed by atoms with Crippen molar-refractivity contribution in [1.29, 1.82) is 0 Å². The maximum Gasteiger partial charge on any atom is 0.331 e. The minimum atomic E-state index is -0.394. The molecule has 0 aliphatic rings. The molecule has 0 aliphatic heterocycles. The van der Waals surface area contributed by atoms with Crippen LogP contribution in [0.5, 0.6) is 0 Å². The fraction of sp³-hybridized carbons (Fsp3) is 0.0833. The zero-order chi connectivity index (χ0) is 20.2. The summed E-state index contributed by atoms with van der Waals surface area (Å²) in [5, 5.41) is 0. The lowest BCUT2D eigenvalue weighted by atomic mass is 10.1. The van der Waals surface area contributed by atoms with Gasteiger partial charge in [0.1, 0.15) is 5.82 Å². The van der Waals surface area contributed by atoms with Gasteiger partial charge in [-0.15, -0.1) is 0 Å². The van der Waals surface area contributed by atoms with Gasteiger partial charge in [0.25, 0.3) is 5.56 Å². The Morgan fingerprint density at radius 2 is 1.24 bits per heavy atom. The number of benzene rings is 3. The molecular weight excluding hydrogens is 367 g/mol. The Labute approximate surface area is 167 Å². The van der Waals surface area contributed by atoms with E-state index in [9.17, 15) is 14.0 Å². The maximum atomic E-state index is 13.4. The van der Waals surface area contributed by atoms with Gasteiger partial charge in [-0.1, -0.05) is 72.8 Å². The molecule has 4 nitrogen and oxygen atoms in total. The Balaban J connectivity index is 1.87. The Kier molecular flexibility index (Phi) is 5.20. The second-order valence-corrected chi connectivity index (χ2v) is 6.82. The van der Waals surface area contributed by atoms with Crippen LogP contribution in [-0.4, -0.2) is 9.13 Å². The molecule has 0 atom stereocenters. The molecule has 0 unspecified atom stereocenters. The monoisotopic (exact) mass is 386 g/mol. The first-order valence-electron chi connectivity index (χ1n) is 9.30. The average Bonchev–Trinajstić information content (AvgIpc) is 2.75. The van der Waals surface area contributed by atoms with E-state index in [1.165, 1.54) is 21.3 Å². The first kappa shape index (κ1) is 18.6. The summed E-state index contributed by atoms with van der Waals surface area (Å²) in [6.07, 6.45) is 1.56. The highest BCUT2D eigenvalue weighted by atomic mass is 19.1. The van der Waals surface area contributed by atoms with E-state index in [1.54, 1.807) is 18.3 Å². The molecule has 144 valence electrons. The quantitative estimate of drug-likeness (QED) is 0.522. The SMILES string of the molecule is O=c1c(-c2ccc(F)cc2)cn(Cc2ccccc2)c(=O)n1Cc1ccccc1. The molecule has 0 saturated heterocycles. The van der Waals surface area contributed by atoms with Crippen molar-refractivity contribution in [3.63, 3.8) is 0 Å². The highest BCUT2D eigenvalue weighted by Gasteiger charge is 2.14. The van der Waals surface area contributed by atoms with E-state index >= 15 is 0 Å². The molecule has 0 saturated carbocycles. The summed E-state index contributed by atoms with van der Waals surface area (Å²) in [5.41, 5.74) is 1.96. The summed E-state index contributed by atoms with van der Waals surface area (Å²) in [4.78, 5) is 26.2. The lowest BCUT2D eigenvalue weighted by molar-refractivity contribution is 0.614. The van der Waals surface area contributed by atoms with Crippen molar-refractivity contribution >= 4 is 0 Å². The maximum absolute atomic E-state index is 13.4. The van der Waals surface area contributed by atoms with Crippen LogP contribution in [0.25, 0.3) is 11.1 Å². The third-order valence-corrected chi connectivity index (χ3v) is 4.77. The molecule has 0 fully saturated rings. The third-order valence-electron chi connectivity index (χ3n) is 4.77. The minimum absolute atomic E-state index is 0.169. The van der Waals surface area contributed by atoms with Crippen molar-refractivity contribution in [3.8, 4) is 11.1 Å². The number of halogens is 1. The molecule has 1 heterocycles. The topological polar surface area (TPSA) is 44.0 Å². The fourth-order valence-corrected chi connectivity index (χ4v) is 3.28. The van der Waals surface area contributed by atoms with Gasteiger partial charge >= 0.3 is 5.69 Å². The van der Waals surface area contributed by atoms with Gasteiger partial charge < -0.3 is 0 Å².